The van der Waals surface area contributed by atoms with E-state index in [-0.39, 0.29) is 19.8 Å². The van der Waals surface area contributed by atoms with Crippen LogP contribution in [-0.2, 0) is 38.5 Å². The van der Waals surface area contributed by atoms with Crippen molar-refractivity contribution in [3.63, 3.8) is 0 Å². The summed E-state index contributed by atoms with van der Waals surface area (Å²) >= 11 is 0. The third-order valence-corrected chi connectivity index (χ3v) is 13.6. The Kier molecular flexibility index (Phi) is 15.1. The lowest BCUT2D eigenvalue weighted by molar-refractivity contribution is -0.212. The lowest BCUT2D eigenvalue weighted by atomic mass is 9.48. The molecule has 6 aromatic rings. The fourth-order valence-electron chi connectivity index (χ4n) is 10.4. The monoisotopic (exact) mass is 825 g/mol. The predicted octanol–water partition coefficient (Wildman–Crippen LogP) is 7.26. The van der Waals surface area contributed by atoms with E-state index >= 15 is 0 Å². The topological polar surface area (TPSA) is 167 Å². The summed E-state index contributed by atoms with van der Waals surface area (Å²) in [7, 11) is 0. The van der Waals surface area contributed by atoms with Crippen LogP contribution in [0.15, 0.2) is 137 Å². The zero-order valence-electron chi connectivity index (χ0n) is 34.8. The molecule has 0 atom stereocenters. The molecule has 5 N–H and O–H groups in total. The zero-order valence-corrected chi connectivity index (χ0v) is 34.8. The van der Waals surface area contributed by atoms with Crippen molar-refractivity contribution in [3.05, 3.63) is 145 Å². The molecular formula is C48H63N3O9. The first-order valence-corrected chi connectivity index (χ1v) is 21.7. The molecule has 1 aliphatic rings. The largest absolute Gasteiger partial charge is 0.469 e. The molecule has 7 heterocycles. The van der Waals surface area contributed by atoms with Gasteiger partial charge >= 0.3 is 0 Å². The molecule has 0 spiro atoms. The number of hydrogen-bond donors (Lipinski definition) is 5. The first kappa shape index (κ1) is 43.5. The van der Waals surface area contributed by atoms with Crippen molar-refractivity contribution >= 4 is 0 Å². The number of nitrogens with one attached hydrogen (secondary N) is 2. The van der Waals surface area contributed by atoms with E-state index in [2.05, 4.69) is 15.5 Å². The minimum Gasteiger partial charge on any atom is -0.469 e. The third kappa shape index (κ3) is 9.64. The Labute approximate surface area is 352 Å². The highest BCUT2D eigenvalue weighted by atomic mass is 16.3. The van der Waals surface area contributed by atoms with Crippen molar-refractivity contribution in [2.45, 2.75) is 88.1 Å². The Morgan fingerprint density at radius 3 is 1.08 bits per heavy atom. The van der Waals surface area contributed by atoms with Crippen LogP contribution in [0.2, 0.25) is 0 Å². The highest BCUT2D eigenvalue weighted by molar-refractivity contribution is 5.23. The van der Waals surface area contributed by atoms with Gasteiger partial charge in [-0.25, -0.2) is 0 Å². The minimum absolute atomic E-state index is 0.189. The number of aliphatic hydroxyl groups is 3. The second-order valence-corrected chi connectivity index (χ2v) is 16.7. The molecule has 324 valence electrons. The predicted molar refractivity (Wildman–Crippen MR) is 226 cm³/mol. The van der Waals surface area contributed by atoms with Crippen molar-refractivity contribution in [1.82, 2.24) is 15.5 Å². The van der Waals surface area contributed by atoms with Crippen LogP contribution >= 0.6 is 0 Å². The number of furan rings is 6. The van der Waals surface area contributed by atoms with Gasteiger partial charge in [0, 0.05) is 93.2 Å². The zero-order chi connectivity index (χ0) is 41.6. The van der Waals surface area contributed by atoms with Crippen molar-refractivity contribution in [2.24, 2.45) is 10.8 Å². The average Bonchev–Trinajstić information content (AvgIpc) is 4.14. The highest BCUT2D eigenvalue weighted by Crippen LogP contribution is 2.59. The fraction of sp³-hybridized carbons (Fsp3) is 0.500. The lowest BCUT2D eigenvalue weighted by Gasteiger charge is -2.68. The van der Waals surface area contributed by atoms with Crippen LogP contribution in [0.3, 0.4) is 0 Å². The Bertz CT molecular complexity index is 1780. The van der Waals surface area contributed by atoms with Crippen molar-refractivity contribution in [2.75, 3.05) is 52.5 Å². The van der Waals surface area contributed by atoms with E-state index < -0.39 is 21.9 Å². The molecule has 12 heteroatoms. The summed E-state index contributed by atoms with van der Waals surface area (Å²) in [5.74, 6) is 4.91. The molecule has 1 fully saturated rings. The maximum Gasteiger partial charge on any atom is 0.103 e. The van der Waals surface area contributed by atoms with Gasteiger partial charge in [0.05, 0.1) is 57.4 Å². The van der Waals surface area contributed by atoms with Crippen LogP contribution in [-0.4, -0.2) is 83.8 Å². The lowest BCUT2D eigenvalue weighted by Crippen LogP contribution is -2.79. The highest BCUT2D eigenvalue weighted by Gasteiger charge is 2.67. The summed E-state index contributed by atoms with van der Waals surface area (Å²) < 4.78 is 36.0. The van der Waals surface area contributed by atoms with E-state index in [1.54, 1.807) is 37.6 Å². The van der Waals surface area contributed by atoms with Crippen molar-refractivity contribution < 1.29 is 41.8 Å². The molecule has 0 unspecified atom stereocenters. The summed E-state index contributed by atoms with van der Waals surface area (Å²) in [4.78, 5) is 2.54. The van der Waals surface area contributed by atoms with E-state index in [1.807, 2.05) is 72.8 Å². The quantitative estimate of drug-likeness (QED) is 0.0415. The van der Waals surface area contributed by atoms with Crippen LogP contribution in [0.5, 0.6) is 0 Å². The van der Waals surface area contributed by atoms with Crippen LogP contribution in [0.1, 0.15) is 73.1 Å². The molecule has 0 saturated carbocycles. The van der Waals surface area contributed by atoms with Gasteiger partial charge in [-0.2, -0.15) is 0 Å². The van der Waals surface area contributed by atoms with Crippen LogP contribution in [0.4, 0.5) is 0 Å². The van der Waals surface area contributed by atoms with Crippen molar-refractivity contribution in [1.29, 1.82) is 0 Å². The van der Waals surface area contributed by atoms with Crippen LogP contribution in [0, 0.1) is 10.8 Å². The maximum atomic E-state index is 12.6. The van der Waals surface area contributed by atoms with E-state index in [0.29, 0.717) is 103 Å². The molecule has 12 nitrogen and oxygen atoms in total. The van der Waals surface area contributed by atoms with Crippen molar-refractivity contribution in [3.8, 4) is 0 Å². The second-order valence-electron chi connectivity index (χ2n) is 16.7. The summed E-state index contributed by atoms with van der Waals surface area (Å²) in [5.41, 5.74) is -3.83. The van der Waals surface area contributed by atoms with Crippen LogP contribution in [0.25, 0.3) is 0 Å². The molecule has 0 aromatic carbocycles. The van der Waals surface area contributed by atoms with E-state index in [4.69, 9.17) is 26.5 Å². The van der Waals surface area contributed by atoms with Gasteiger partial charge in [0.15, 0.2) is 0 Å². The van der Waals surface area contributed by atoms with Gasteiger partial charge in [0.2, 0.25) is 0 Å². The summed E-state index contributed by atoms with van der Waals surface area (Å²) in [6, 6.07) is 23.3. The maximum absolute atomic E-state index is 12.6. The van der Waals surface area contributed by atoms with Gasteiger partial charge in [0.1, 0.15) is 34.6 Å². The Morgan fingerprint density at radius 1 is 0.450 bits per heavy atom. The summed E-state index contributed by atoms with van der Waals surface area (Å²) in [6.07, 6.45) is 16.6. The SMILES string of the molecule is OCC(CCc1ccco1)(CCc1ccco1)N1CCNCCNCC1(C(CO)(CCc1ccco1)CCc1ccco1)C(CO)(CCc1ccco1)CCc1ccco1. The number of rotatable bonds is 24. The molecule has 6 aromatic heterocycles. The molecule has 0 bridgehead atoms. The Hall–Kier alpha value is -4.56. The minimum atomic E-state index is -1.05. The van der Waals surface area contributed by atoms with Gasteiger partial charge < -0.3 is 52.5 Å². The number of aliphatic hydroxyl groups excluding tert-OH is 3. The molecule has 1 aliphatic heterocycles. The first-order chi connectivity index (χ1) is 29.5. The van der Waals surface area contributed by atoms with Gasteiger partial charge in [-0.05, 0) is 111 Å². The second kappa shape index (κ2) is 20.8. The average molecular weight is 826 g/mol. The smallest absolute Gasteiger partial charge is 0.103 e. The first-order valence-electron chi connectivity index (χ1n) is 21.7. The Balaban J connectivity index is 1.50. The fourth-order valence-corrected chi connectivity index (χ4v) is 10.4. The van der Waals surface area contributed by atoms with Gasteiger partial charge in [-0.1, -0.05) is 0 Å². The standard InChI is InChI=1S/C48H63N3O9/c52-36-45(19-13-39-7-1-29-55-39,20-14-40-8-2-30-56-40)48(46(37-53,21-15-41-9-3-31-57-41)22-16-42-10-4-32-58-42)35-50-26-25-49-27-28-51(48)47(38-54,23-17-43-11-5-33-59-43)24-18-44-12-6-34-60-44/h1-12,29-34,49-50,52-54H,13-28,35-38H2. The van der Waals surface area contributed by atoms with Gasteiger partial charge in [-0.3, -0.25) is 4.90 Å². The van der Waals surface area contributed by atoms with Gasteiger partial charge in [-0.15, -0.1) is 0 Å². The molecule has 0 aliphatic carbocycles. The molecule has 0 amide bonds. The normalized spacial score (nSPS) is 15.8. The van der Waals surface area contributed by atoms with E-state index in [9.17, 15) is 15.3 Å². The Morgan fingerprint density at radius 2 is 0.783 bits per heavy atom. The molecule has 60 heavy (non-hydrogen) atoms. The third-order valence-electron chi connectivity index (χ3n) is 13.6. The molecular weight excluding hydrogens is 763 g/mol. The molecule has 0 radical (unpaired) electrons. The summed E-state index contributed by atoms with van der Waals surface area (Å²) in [5, 5.41) is 45.1. The van der Waals surface area contributed by atoms with E-state index in [1.165, 1.54) is 0 Å². The number of aryl methyl sites for hydroxylation is 6. The number of nitrogens with zero attached hydrogens (tertiary/aromatic N) is 1. The molecule has 7 rings (SSSR count). The summed E-state index contributed by atoms with van der Waals surface area (Å²) in [6.45, 7) is 2.33. The van der Waals surface area contributed by atoms with Crippen LogP contribution < -0.4 is 10.6 Å². The van der Waals surface area contributed by atoms with Gasteiger partial charge in [0.25, 0.3) is 0 Å². The number of hydrogen-bond acceptors (Lipinski definition) is 12. The van der Waals surface area contributed by atoms with E-state index in [0.717, 1.165) is 41.1 Å². The molecule has 1 saturated heterocycles.